The van der Waals surface area contributed by atoms with Crippen molar-refractivity contribution in [3.05, 3.63) is 22.8 Å². The number of carbonyl (C=O) groups excluding carboxylic acids is 1. The van der Waals surface area contributed by atoms with E-state index in [9.17, 15) is 4.79 Å². The van der Waals surface area contributed by atoms with Crippen molar-refractivity contribution < 1.29 is 4.79 Å². The molecule has 0 saturated carbocycles. The second-order valence-corrected chi connectivity index (χ2v) is 3.84. The molecule has 0 aliphatic carbocycles. The summed E-state index contributed by atoms with van der Waals surface area (Å²) in [5, 5.41) is 11.5. The van der Waals surface area contributed by atoms with Crippen LogP contribution in [0.3, 0.4) is 0 Å². The van der Waals surface area contributed by atoms with Crippen LogP contribution in [-0.4, -0.2) is 36.4 Å². The van der Waals surface area contributed by atoms with Gasteiger partial charge in [-0.2, -0.15) is 5.26 Å². The number of halogens is 1. The number of carbonyl (C=O) groups is 1. The van der Waals surface area contributed by atoms with Crippen molar-refractivity contribution in [2.75, 3.05) is 26.0 Å². The summed E-state index contributed by atoms with van der Waals surface area (Å²) in [6.45, 7) is 0.393. The third-order valence-corrected chi connectivity index (χ3v) is 2.40. The highest BCUT2D eigenvalue weighted by atomic mass is 35.5. The topological polar surface area (TPSA) is 69.0 Å². The largest absolute Gasteiger partial charge is 0.373 e. The molecule has 1 heterocycles. The van der Waals surface area contributed by atoms with Gasteiger partial charge in [0.05, 0.1) is 12.5 Å². The van der Waals surface area contributed by atoms with Crippen LogP contribution in [-0.2, 0) is 0 Å². The first-order valence-electron chi connectivity index (χ1n) is 5.06. The zero-order valence-electron chi connectivity index (χ0n) is 9.70. The highest BCUT2D eigenvalue weighted by Gasteiger charge is 2.13. The molecule has 0 aromatic carbocycles. The van der Waals surface area contributed by atoms with Crippen LogP contribution in [0.5, 0.6) is 0 Å². The van der Waals surface area contributed by atoms with Gasteiger partial charge in [-0.25, -0.2) is 4.98 Å². The normalized spacial score (nSPS) is 9.53. The molecule has 0 saturated heterocycles. The molecule has 0 aliphatic rings. The second-order valence-electron chi connectivity index (χ2n) is 3.45. The monoisotopic (exact) mass is 252 g/mol. The lowest BCUT2D eigenvalue weighted by molar-refractivity contribution is 0.0798. The summed E-state index contributed by atoms with van der Waals surface area (Å²) < 4.78 is 0. The highest BCUT2D eigenvalue weighted by molar-refractivity contribution is 6.29. The summed E-state index contributed by atoms with van der Waals surface area (Å²) in [4.78, 5) is 17.4. The van der Waals surface area contributed by atoms with E-state index in [1.807, 2.05) is 6.07 Å². The minimum Gasteiger partial charge on any atom is -0.373 e. The number of pyridine rings is 1. The summed E-state index contributed by atoms with van der Waals surface area (Å²) >= 11 is 5.81. The number of rotatable bonds is 4. The molecule has 1 rings (SSSR count). The second kappa shape index (κ2) is 6.06. The van der Waals surface area contributed by atoms with Crippen molar-refractivity contribution in [2.45, 2.75) is 6.42 Å². The third kappa shape index (κ3) is 3.61. The third-order valence-electron chi connectivity index (χ3n) is 2.20. The maximum Gasteiger partial charge on any atom is 0.253 e. The quantitative estimate of drug-likeness (QED) is 0.829. The number of anilines is 1. The van der Waals surface area contributed by atoms with Gasteiger partial charge in [-0.1, -0.05) is 11.6 Å². The standard InChI is InChI=1S/C11H13ClN4O/c1-14-10-7-8(6-9(12)15-10)11(17)16(2)5-3-4-13/h6-7H,3,5H2,1-2H3,(H,14,15). The van der Waals surface area contributed by atoms with Crippen molar-refractivity contribution in [1.82, 2.24) is 9.88 Å². The summed E-state index contributed by atoms with van der Waals surface area (Å²) in [6.07, 6.45) is 0.305. The van der Waals surface area contributed by atoms with E-state index in [1.54, 1.807) is 20.2 Å². The fourth-order valence-corrected chi connectivity index (χ4v) is 1.50. The zero-order chi connectivity index (χ0) is 12.8. The molecule has 0 spiro atoms. The Morgan fingerprint density at radius 3 is 2.94 bits per heavy atom. The zero-order valence-corrected chi connectivity index (χ0v) is 10.5. The molecule has 6 heteroatoms. The Morgan fingerprint density at radius 2 is 2.35 bits per heavy atom. The number of nitrogens with zero attached hydrogens (tertiary/aromatic N) is 3. The molecule has 90 valence electrons. The maximum atomic E-state index is 12.0. The summed E-state index contributed by atoms with van der Waals surface area (Å²) in [5.74, 6) is 0.357. The van der Waals surface area contributed by atoms with E-state index < -0.39 is 0 Å². The minimum atomic E-state index is -0.180. The predicted octanol–water partition coefficient (Wildman–Crippen LogP) is 1.76. The molecular formula is C11H13ClN4O. The molecule has 17 heavy (non-hydrogen) atoms. The molecular weight excluding hydrogens is 240 g/mol. The van der Waals surface area contributed by atoms with E-state index in [1.165, 1.54) is 11.0 Å². The minimum absolute atomic E-state index is 0.180. The fourth-order valence-electron chi connectivity index (χ4n) is 1.29. The lowest BCUT2D eigenvalue weighted by Gasteiger charge is -2.15. The Balaban J connectivity index is 2.88. The van der Waals surface area contributed by atoms with Crippen LogP contribution in [0.25, 0.3) is 0 Å². The fraction of sp³-hybridized carbons (Fsp3) is 0.364. The van der Waals surface area contributed by atoms with E-state index >= 15 is 0 Å². The number of hydrogen-bond donors (Lipinski definition) is 1. The number of nitrogens with one attached hydrogen (secondary N) is 1. The highest BCUT2D eigenvalue weighted by Crippen LogP contribution is 2.15. The van der Waals surface area contributed by atoms with Gasteiger partial charge in [-0.3, -0.25) is 4.79 Å². The van der Waals surface area contributed by atoms with Gasteiger partial charge in [0.25, 0.3) is 5.91 Å². The maximum absolute atomic E-state index is 12.0. The van der Waals surface area contributed by atoms with Crippen molar-refractivity contribution in [3.8, 4) is 6.07 Å². The van der Waals surface area contributed by atoms with Crippen LogP contribution in [0.4, 0.5) is 5.82 Å². The number of amides is 1. The smallest absolute Gasteiger partial charge is 0.253 e. The average molecular weight is 253 g/mol. The number of aromatic nitrogens is 1. The van der Waals surface area contributed by atoms with Crippen LogP contribution < -0.4 is 5.32 Å². The first-order valence-corrected chi connectivity index (χ1v) is 5.44. The number of hydrogen-bond acceptors (Lipinski definition) is 4. The van der Waals surface area contributed by atoms with E-state index in [2.05, 4.69) is 10.3 Å². The lowest BCUT2D eigenvalue weighted by Crippen LogP contribution is -2.27. The van der Waals surface area contributed by atoms with Crippen molar-refractivity contribution >= 4 is 23.3 Å². The van der Waals surface area contributed by atoms with Gasteiger partial charge < -0.3 is 10.2 Å². The summed E-state index contributed by atoms with van der Waals surface area (Å²) in [6, 6.07) is 5.12. The first-order chi connectivity index (χ1) is 8.08. The van der Waals surface area contributed by atoms with Gasteiger partial charge in [0.2, 0.25) is 0 Å². The lowest BCUT2D eigenvalue weighted by atomic mass is 10.2. The molecule has 0 bridgehead atoms. The van der Waals surface area contributed by atoms with Crippen molar-refractivity contribution in [1.29, 1.82) is 5.26 Å². The van der Waals surface area contributed by atoms with Gasteiger partial charge in [0.15, 0.2) is 0 Å². The van der Waals surface area contributed by atoms with Gasteiger partial charge in [-0.05, 0) is 12.1 Å². The van der Waals surface area contributed by atoms with Crippen LogP contribution in [0.2, 0.25) is 5.15 Å². The van der Waals surface area contributed by atoms with E-state index in [0.717, 1.165) is 0 Å². The Kier molecular flexibility index (Phi) is 4.73. The van der Waals surface area contributed by atoms with Gasteiger partial charge in [0.1, 0.15) is 11.0 Å². The molecule has 0 fully saturated rings. The molecule has 1 N–H and O–H groups in total. The molecule has 0 atom stereocenters. The van der Waals surface area contributed by atoms with E-state index in [0.29, 0.717) is 24.3 Å². The molecule has 0 unspecified atom stereocenters. The summed E-state index contributed by atoms with van der Waals surface area (Å²) in [5.41, 5.74) is 0.454. The Hall–Kier alpha value is -1.80. The molecule has 1 aromatic rings. The number of nitriles is 1. The summed E-state index contributed by atoms with van der Waals surface area (Å²) in [7, 11) is 3.35. The van der Waals surface area contributed by atoms with Crippen LogP contribution >= 0.6 is 11.6 Å². The average Bonchev–Trinajstić information content (AvgIpc) is 2.34. The van der Waals surface area contributed by atoms with Crippen molar-refractivity contribution in [2.24, 2.45) is 0 Å². The molecule has 0 aliphatic heterocycles. The molecule has 1 aromatic heterocycles. The van der Waals surface area contributed by atoms with Gasteiger partial charge >= 0.3 is 0 Å². The van der Waals surface area contributed by atoms with Crippen LogP contribution in [0, 0.1) is 11.3 Å². The Morgan fingerprint density at radius 1 is 1.65 bits per heavy atom. The molecule has 0 radical (unpaired) electrons. The van der Waals surface area contributed by atoms with Gasteiger partial charge in [0, 0.05) is 26.2 Å². The Labute approximate surface area is 105 Å². The van der Waals surface area contributed by atoms with Gasteiger partial charge in [-0.15, -0.1) is 0 Å². The molecule has 5 nitrogen and oxygen atoms in total. The SMILES string of the molecule is CNc1cc(C(=O)N(C)CCC#N)cc(Cl)n1. The van der Waals surface area contributed by atoms with E-state index in [4.69, 9.17) is 16.9 Å². The van der Waals surface area contributed by atoms with Crippen LogP contribution in [0.1, 0.15) is 16.8 Å². The van der Waals surface area contributed by atoms with E-state index in [-0.39, 0.29) is 11.1 Å². The van der Waals surface area contributed by atoms with Crippen LogP contribution in [0.15, 0.2) is 12.1 Å². The van der Waals surface area contributed by atoms with Crippen molar-refractivity contribution in [3.63, 3.8) is 0 Å². The first kappa shape index (κ1) is 13.3. The molecule has 1 amide bonds. The Bertz CT molecular complexity index is 455. The predicted molar refractivity (Wildman–Crippen MR) is 66.0 cm³/mol.